The average molecular weight is 355 g/mol. The van der Waals surface area contributed by atoms with Crippen LogP contribution in [-0.4, -0.2) is 13.4 Å². The van der Waals surface area contributed by atoms with Gasteiger partial charge in [-0.25, -0.2) is 0 Å². The van der Waals surface area contributed by atoms with E-state index in [9.17, 15) is 0 Å². The Morgan fingerprint density at radius 1 is 1.17 bits per heavy atom. The Kier molecular flexibility index (Phi) is 6.87. The summed E-state index contributed by atoms with van der Waals surface area (Å²) in [6.45, 7) is 4.87. The molecule has 0 unspecified atom stereocenters. The van der Waals surface area contributed by atoms with E-state index in [-0.39, 0.29) is 11.3 Å². The van der Waals surface area contributed by atoms with Gasteiger partial charge < -0.3 is 14.2 Å². The fourth-order valence-corrected chi connectivity index (χ4v) is 2.45. The second-order valence-electron chi connectivity index (χ2n) is 5.30. The fourth-order valence-electron chi connectivity index (χ4n) is 2.11. The molecular formula is C18H20Cl2O3. The van der Waals surface area contributed by atoms with E-state index in [1.54, 1.807) is 6.08 Å². The molecule has 0 aliphatic carbocycles. The molecule has 0 saturated heterocycles. The molecule has 1 aromatic rings. The van der Waals surface area contributed by atoms with Gasteiger partial charge in [-0.15, -0.1) is 0 Å². The molecule has 2 rings (SSSR count). The van der Waals surface area contributed by atoms with Crippen molar-refractivity contribution in [3.8, 4) is 17.2 Å². The number of hydrogen-bond acceptors (Lipinski definition) is 3. The lowest BCUT2D eigenvalue weighted by Gasteiger charge is -2.05. The van der Waals surface area contributed by atoms with Crippen molar-refractivity contribution in [2.45, 2.75) is 26.7 Å². The highest BCUT2D eigenvalue weighted by molar-refractivity contribution is 6.56. The van der Waals surface area contributed by atoms with Crippen molar-refractivity contribution in [2.24, 2.45) is 0 Å². The highest BCUT2D eigenvalue weighted by Crippen LogP contribution is 2.35. The van der Waals surface area contributed by atoms with E-state index in [4.69, 9.17) is 37.4 Å². The lowest BCUT2D eigenvalue weighted by Crippen LogP contribution is -1.95. The molecule has 1 aliphatic rings. The van der Waals surface area contributed by atoms with Gasteiger partial charge in [-0.2, -0.15) is 0 Å². The molecule has 0 amide bonds. The van der Waals surface area contributed by atoms with Crippen LogP contribution >= 0.6 is 23.2 Å². The minimum atomic E-state index is 0.273. The molecule has 0 bridgehead atoms. The van der Waals surface area contributed by atoms with Gasteiger partial charge in [-0.3, -0.25) is 0 Å². The summed E-state index contributed by atoms with van der Waals surface area (Å²) < 4.78 is 16.6. The van der Waals surface area contributed by atoms with E-state index in [0.29, 0.717) is 6.61 Å². The summed E-state index contributed by atoms with van der Waals surface area (Å²) >= 11 is 11.2. The SMILES string of the molecule is C/C(C=C(Cl)Cl)=C\CC/C(C)=C/COc1ccc2c(c1)OCO2. The highest BCUT2D eigenvalue weighted by Gasteiger charge is 2.13. The molecule has 0 fully saturated rings. The van der Waals surface area contributed by atoms with Gasteiger partial charge in [0, 0.05) is 6.07 Å². The number of fused-ring (bicyclic) bond motifs is 1. The van der Waals surface area contributed by atoms with Crippen molar-refractivity contribution in [3.05, 3.63) is 52.1 Å². The number of ether oxygens (including phenoxy) is 3. The Balaban J connectivity index is 1.76. The standard InChI is InChI=1S/C18H20Cl2O3/c1-13(4-3-5-14(2)10-18(19)20)8-9-21-15-6-7-16-17(11-15)23-12-22-16/h5-8,10-11H,3-4,9,12H2,1-2H3/b13-8+,14-5+. The van der Waals surface area contributed by atoms with Crippen LogP contribution in [0.3, 0.4) is 0 Å². The summed E-state index contributed by atoms with van der Waals surface area (Å²) in [6.07, 6.45) is 7.84. The number of hydrogen-bond donors (Lipinski definition) is 0. The van der Waals surface area contributed by atoms with E-state index >= 15 is 0 Å². The summed E-state index contributed by atoms with van der Waals surface area (Å²) in [5.41, 5.74) is 2.34. The van der Waals surface area contributed by atoms with Crippen molar-refractivity contribution in [1.82, 2.24) is 0 Å². The first-order chi connectivity index (χ1) is 11.0. The van der Waals surface area contributed by atoms with Gasteiger partial charge >= 0.3 is 0 Å². The minimum absolute atomic E-state index is 0.273. The van der Waals surface area contributed by atoms with Crippen LogP contribution in [0, 0.1) is 0 Å². The molecule has 1 heterocycles. The third-order valence-electron chi connectivity index (χ3n) is 3.37. The molecule has 5 heteroatoms. The van der Waals surface area contributed by atoms with Gasteiger partial charge in [0.2, 0.25) is 6.79 Å². The summed E-state index contributed by atoms with van der Waals surface area (Å²) in [7, 11) is 0. The Hall–Kier alpha value is -1.58. The van der Waals surface area contributed by atoms with E-state index in [1.807, 2.05) is 25.1 Å². The zero-order chi connectivity index (χ0) is 16.7. The maximum absolute atomic E-state index is 5.71. The maximum atomic E-state index is 5.71. The van der Waals surface area contributed by atoms with E-state index in [0.717, 1.165) is 35.7 Å². The Labute approximate surface area is 147 Å². The van der Waals surface area contributed by atoms with E-state index in [1.165, 1.54) is 5.57 Å². The second kappa shape index (κ2) is 8.90. The molecule has 0 radical (unpaired) electrons. The van der Waals surface area contributed by atoms with Crippen LogP contribution in [0.1, 0.15) is 26.7 Å². The van der Waals surface area contributed by atoms with Crippen LogP contribution in [0.4, 0.5) is 0 Å². The number of allylic oxidation sites excluding steroid dienone is 4. The molecule has 1 aromatic carbocycles. The predicted octanol–water partition coefficient (Wildman–Crippen LogP) is 5.79. The van der Waals surface area contributed by atoms with Crippen LogP contribution in [0.2, 0.25) is 0 Å². The van der Waals surface area contributed by atoms with E-state index < -0.39 is 0 Å². The molecule has 0 spiro atoms. The molecule has 0 atom stereocenters. The molecular weight excluding hydrogens is 335 g/mol. The quantitative estimate of drug-likeness (QED) is 0.458. The first-order valence-corrected chi connectivity index (χ1v) is 8.18. The molecule has 0 saturated carbocycles. The smallest absolute Gasteiger partial charge is 0.231 e. The normalized spacial score (nSPS) is 13.9. The largest absolute Gasteiger partial charge is 0.489 e. The summed E-state index contributed by atoms with van der Waals surface area (Å²) in [5, 5.41) is 0. The third kappa shape index (κ3) is 6.20. The Morgan fingerprint density at radius 2 is 1.96 bits per heavy atom. The van der Waals surface area contributed by atoms with Crippen molar-refractivity contribution in [3.63, 3.8) is 0 Å². The lowest BCUT2D eigenvalue weighted by atomic mass is 10.1. The van der Waals surface area contributed by atoms with Crippen LogP contribution in [-0.2, 0) is 0 Å². The fraction of sp³-hybridized carbons (Fsp3) is 0.333. The molecule has 1 aliphatic heterocycles. The second-order valence-corrected chi connectivity index (χ2v) is 6.31. The van der Waals surface area contributed by atoms with Crippen molar-refractivity contribution in [1.29, 1.82) is 0 Å². The van der Waals surface area contributed by atoms with Crippen LogP contribution in [0.25, 0.3) is 0 Å². The number of halogens is 2. The van der Waals surface area contributed by atoms with Crippen molar-refractivity contribution in [2.75, 3.05) is 13.4 Å². The molecule has 0 aromatic heterocycles. The highest BCUT2D eigenvalue weighted by atomic mass is 35.5. The zero-order valence-corrected chi connectivity index (χ0v) is 14.8. The predicted molar refractivity (Wildman–Crippen MR) is 94.6 cm³/mol. The molecule has 3 nitrogen and oxygen atoms in total. The zero-order valence-electron chi connectivity index (χ0n) is 13.3. The number of rotatable bonds is 7. The van der Waals surface area contributed by atoms with Gasteiger partial charge in [0.15, 0.2) is 11.5 Å². The van der Waals surface area contributed by atoms with E-state index in [2.05, 4.69) is 19.1 Å². The van der Waals surface area contributed by atoms with Gasteiger partial charge in [-0.05, 0) is 51.0 Å². The van der Waals surface area contributed by atoms with Crippen molar-refractivity contribution >= 4 is 23.2 Å². The van der Waals surface area contributed by atoms with Gasteiger partial charge in [-0.1, -0.05) is 40.4 Å². The maximum Gasteiger partial charge on any atom is 0.231 e. The van der Waals surface area contributed by atoms with Crippen LogP contribution < -0.4 is 14.2 Å². The topological polar surface area (TPSA) is 27.7 Å². The van der Waals surface area contributed by atoms with Gasteiger partial charge in [0.05, 0.1) is 0 Å². The molecule has 124 valence electrons. The van der Waals surface area contributed by atoms with Gasteiger partial charge in [0.25, 0.3) is 0 Å². The Bertz CT molecular complexity index is 629. The Morgan fingerprint density at radius 3 is 2.74 bits per heavy atom. The monoisotopic (exact) mass is 354 g/mol. The van der Waals surface area contributed by atoms with Crippen LogP contribution in [0.5, 0.6) is 17.2 Å². The number of benzene rings is 1. The van der Waals surface area contributed by atoms with Gasteiger partial charge in [0.1, 0.15) is 16.8 Å². The third-order valence-corrected chi connectivity index (χ3v) is 3.59. The molecule has 0 N–H and O–H groups in total. The summed E-state index contributed by atoms with van der Waals surface area (Å²) in [4.78, 5) is 0. The average Bonchev–Trinajstić information content (AvgIpc) is 2.94. The first-order valence-electron chi connectivity index (χ1n) is 7.42. The molecule has 23 heavy (non-hydrogen) atoms. The summed E-state index contributed by atoms with van der Waals surface area (Å²) in [6, 6.07) is 5.59. The lowest BCUT2D eigenvalue weighted by molar-refractivity contribution is 0.174. The minimum Gasteiger partial charge on any atom is -0.489 e. The first kappa shape index (κ1) is 17.8. The van der Waals surface area contributed by atoms with Crippen LogP contribution in [0.15, 0.2) is 52.1 Å². The van der Waals surface area contributed by atoms with Crippen molar-refractivity contribution < 1.29 is 14.2 Å². The summed E-state index contributed by atoms with van der Waals surface area (Å²) in [5.74, 6) is 2.27.